The number of nitrogens with one attached hydrogen (secondary N) is 2. The van der Waals surface area contributed by atoms with E-state index in [9.17, 15) is 14.4 Å². The molecule has 2 aromatic carbocycles. The van der Waals surface area contributed by atoms with Gasteiger partial charge in [0.2, 0.25) is 5.91 Å². The maximum absolute atomic E-state index is 13.0. The monoisotopic (exact) mass is 465 g/mol. The fourth-order valence-corrected chi connectivity index (χ4v) is 4.26. The predicted octanol–water partition coefficient (Wildman–Crippen LogP) is 2.63. The molecule has 8 nitrogen and oxygen atoms in total. The van der Waals surface area contributed by atoms with E-state index in [-0.39, 0.29) is 29.7 Å². The van der Waals surface area contributed by atoms with Crippen LogP contribution in [0.1, 0.15) is 46.4 Å². The minimum atomic E-state index is -0.649. The van der Waals surface area contributed by atoms with Crippen LogP contribution in [0.25, 0.3) is 0 Å². The summed E-state index contributed by atoms with van der Waals surface area (Å²) in [4.78, 5) is 40.7. The van der Waals surface area contributed by atoms with Crippen molar-refractivity contribution >= 4 is 17.7 Å². The molecule has 34 heavy (non-hydrogen) atoms. The Labute approximate surface area is 199 Å². The topological polar surface area (TPSA) is 97.0 Å². The summed E-state index contributed by atoms with van der Waals surface area (Å²) in [5.41, 5.74) is 1.05. The molecule has 8 heteroatoms. The third-order valence-corrected chi connectivity index (χ3v) is 6.46. The van der Waals surface area contributed by atoms with Crippen LogP contribution >= 0.6 is 0 Å². The van der Waals surface area contributed by atoms with Gasteiger partial charge in [-0.1, -0.05) is 6.07 Å². The van der Waals surface area contributed by atoms with E-state index in [1.807, 2.05) is 0 Å². The SMILES string of the molecule is COc1ccc(C(=O)NC(C(=O)NC2CC2)C2CCN(C(=O)c3cccc(OC)c3)CC2)cc1. The molecule has 1 heterocycles. The van der Waals surface area contributed by atoms with Crippen LogP contribution in [0, 0.1) is 5.92 Å². The van der Waals surface area contributed by atoms with Gasteiger partial charge in [-0.2, -0.15) is 0 Å². The van der Waals surface area contributed by atoms with Crippen LogP contribution in [0.5, 0.6) is 11.5 Å². The molecule has 180 valence electrons. The number of carbonyl (C=O) groups is 3. The number of carbonyl (C=O) groups excluding carboxylic acids is 3. The fourth-order valence-electron chi connectivity index (χ4n) is 4.26. The van der Waals surface area contributed by atoms with Gasteiger partial charge < -0.3 is 25.0 Å². The molecule has 3 amide bonds. The van der Waals surface area contributed by atoms with Gasteiger partial charge in [0, 0.05) is 30.3 Å². The Morgan fingerprint density at radius 3 is 2.18 bits per heavy atom. The lowest BCUT2D eigenvalue weighted by Gasteiger charge is -2.36. The van der Waals surface area contributed by atoms with Crippen LogP contribution in [0.3, 0.4) is 0 Å². The number of piperidine rings is 1. The van der Waals surface area contributed by atoms with Crippen molar-refractivity contribution in [2.75, 3.05) is 27.3 Å². The molecule has 4 rings (SSSR count). The van der Waals surface area contributed by atoms with Crippen LogP contribution in [-0.4, -0.2) is 62.0 Å². The van der Waals surface area contributed by atoms with Gasteiger partial charge in [0.05, 0.1) is 14.2 Å². The molecule has 0 spiro atoms. The second-order valence-corrected chi connectivity index (χ2v) is 8.82. The summed E-state index contributed by atoms with van der Waals surface area (Å²) in [5.74, 6) is 0.732. The summed E-state index contributed by atoms with van der Waals surface area (Å²) in [5, 5.41) is 5.98. The second kappa shape index (κ2) is 10.6. The Hall–Kier alpha value is -3.55. The van der Waals surface area contributed by atoms with Gasteiger partial charge in [0.25, 0.3) is 11.8 Å². The number of rotatable bonds is 8. The smallest absolute Gasteiger partial charge is 0.253 e. The number of likely N-dealkylation sites (tertiary alicyclic amines) is 1. The highest BCUT2D eigenvalue weighted by Gasteiger charge is 2.36. The Bertz CT molecular complexity index is 1030. The molecule has 2 N–H and O–H groups in total. The van der Waals surface area contributed by atoms with E-state index < -0.39 is 6.04 Å². The van der Waals surface area contributed by atoms with Gasteiger partial charge in [-0.15, -0.1) is 0 Å². The normalized spacial score (nSPS) is 16.9. The first-order valence-corrected chi connectivity index (χ1v) is 11.7. The molecule has 0 aromatic heterocycles. The molecule has 2 fully saturated rings. The van der Waals surface area contributed by atoms with Crippen LogP contribution < -0.4 is 20.1 Å². The first kappa shape index (κ1) is 23.6. The highest BCUT2D eigenvalue weighted by atomic mass is 16.5. The van der Waals surface area contributed by atoms with Crippen molar-refractivity contribution in [3.8, 4) is 11.5 Å². The van der Waals surface area contributed by atoms with Crippen molar-refractivity contribution in [1.29, 1.82) is 0 Å². The Kier molecular flexibility index (Phi) is 7.35. The molecule has 1 aliphatic carbocycles. The lowest BCUT2D eigenvalue weighted by atomic mass is 9.88. The summed E-state index contributed by atoms with van der Waals surface area (Å²) in [7, 11) is 3.14. The molecular formula is C26H31N3O5. The number of ether oxygens (including phenoxy) is 2. The van der Waals surface area contributed by atoms with Crippen LogP contribution in [-0.2, 0) is 4.79 Å². The quantitative estimate of drug-likeness (QED) is 0.625. The summed E-state index contributed by atoms with van der Waals surface area (Å²) in [6, 6.07) is 13.5. The average molecular weight is 466 g/mol. The molecule has 0 radical (unpaired) electrons. The summed E-state index contributed by atoms with van der Waals surface area (Å²) < 4.78 is 10.4. The van der Waals surface area contributed by atoms with Crippen LogP contribution in [0.15, 0.2) is 48.5 Å². The molecule has 1 saturated carbocycles. The van der Waals surface area contributed by atoms with Crippen molar-refractivity contribution in [2.45, 2.75) is 37.8 Å². The van der Waals surface area contributed by atoms with Crippen LogP contribution in [0.4, 0.5) is 0 Å². The number of hydrogen-bond acceptors (Lipinski definition) is 5. The highest BCUT2D eigenvalue weighted by molar-refractivity contribution is 5.98. The molecule has 1 saturated heterocycles. The third kappa shape index (κ3) is 5.68. The maximum Gasteiger partial charge on any atom is 0.253 e. The van der Waals surface area contributed by atoms with Crippen molar-refractivity contribution in [1.82, 2.24) is 15.5 Å². The van der Waals surface area contributed by atoms with E-state index >= 15 is 0 Å². The van der Waals surface area contributed by atoms with Crippen molar-refractivity contribution in [2.24, 2.45) is 5.92 Å². The number of methoxy groups -OCH3 is 2. The van der Waals surface area contributed by atoms with Gasteiger partial charge in [-0.25, -0.2) is 0 Å². The molecule has 2 aliphatic rings. The van der Waals surface area contributed by atoms with Gasteiger partial charge in [-0.3, -0.25) is 14.4 Å². The minimum absolute atomic E-state index is 0.0569. The summed E-state index contributed by atoms with van der Waals surface area (Å²) >= 11 is 0. The van der Waals surface area contributed by atoms with Gasteiger partial charge in [0.15, 0.2) is 0 Å². The standard InChI is InChI=1S/C26H31N3O5/c1-33-21-10-6-18(7-11-21)24(30)28-23(25(31)27-20-8-9-20)17-12-14-29(15-13-17)26(32)19-4-3-5-22(16-19)34-2/h3-7,10-11,16-17,20,23H,8-9,12-15H2,1-2H3,(H,27,31)(H,28,30). The van der Waals surface area contributed by atoms with E-state index in [2.05, 4.69) is 10.6 Å². The van der Waals surface area contributed by atoms with Crippen molar-refractivity contribution in [3.05, 3.63) is 59.7 Å². The Morgan fingerprint density at radius 1 is 0.882 bits per heavy atom. The number of nitrogens with zero attached hydrogens (tertiary/aromatic N) is 1. The zero-order chi connectivity index (χ0) is 24.1. The number of hydrogen-bond donors (Lipinski definition) is 2. The molecule has 1 atom stereocenters. The minimum Gasteiger partial charge on any atom is -0.497 e. The average Bonchev–Trinajstić information content (AvgIpc) is 3.70. The number of amides is 3. The Balaban J connectivity index is 1.41. The largest absolute Gasteiger partial charge is 0.497 e. The van der Waals surface area contributed by atoms with Crippen LogP contribution in [0.2, 0.25) is 0 Å². The maximum atomic E-state index is 13.0. The highest BCUT2D eigenvalue weighted by Crippen LogP contribution is 2.25. The van der Waals surface area contributed by atoms with E-state index in [1.54, 1.807) is 67.7 Å². The van der Waals surface area contributed by atoms with Crippen molar-refractivity contribution in [3.63, 3.8) is 0 Å². The lowest BCUT2D eigenvalue weighted by molar-refractivity contribution is -0.124. The van der Waals surface area contributed by atoms with Gasteiger partial charge >= 0.3 is 0 Å². The molecule has 2 aromatic rings. The third-order valence-electron chi connectivity index (χ3n) is 6.46. The zero-order valence-electron chi connectivity index (χ0n) is 19.6. The zero-order valence-corrected chi connectivity index (χ0v) is 19.6. The van der Waals surface area contributed by atoms with E-state index in [4.69, 9.17) is 9.47 Å². The fraction of sp³-hybridized carbons (Fsp3) is 0.423. The Morgan fingerprint density at radius 2 is 1.56 bits per heavy atom. The van der Waals surface area contributed by atoms with E-state index in [0.29, 0.717) is 48.6 Å². The van der Waals surface area contributed by atoms with Gasteiger partial charge in [0.1, 0.15) is 17.5 Å². The first-order chi connectivity index (χ1) is 16.5. The van der Waals surface area contributed by atoms with Gasteiger partial charge in [-0.05, 0) is 74.1 Å². The van der Waals surface area contributed by atoms with E-state index in [0.717, 1.165) is 12.8 Å². The summed E-state index contributed by atoms with van der Waals surface area (Å²) in [6.45, 7) is 1.04. The van der Waals surface area contributed by atoms with Crippen molar-refractivity contribution < 1.29 is 23.9 Å². The molecule has 0 bridgehead atoms. The predicted molar refractivity (Wildman–Crippen MR) is 127 cm³/mol. The second-order valence-electron chi connectivity index (χ2n) is 8.82. The number of benzene rings is 2. The molecule has 1 aliphatic heterocycles. The summed E-state index contributed by atoms with van der Waals surface area (Å²) in [6.07, 6.45) is 3.19. The molecule has 1 unspecified atom stereocenters. The first-order valence-electron chi connectivity index (χ1n) is 11.7. The van der Waals surface area contributed by atoms with E-state index in [1.165, 1.54) is 0 Å². The lowest BCUT2D eigenvalue weighted by Crippen LogP contribution is -2.54. The molecular weight excluding hydrogens is 434 g/mol.